The Hall–Kier alpha value is -0.940. The quantitative estimate of drug-likeness (QED) is 0.899. The molecule has 0 saturated heterocycles. The molecule has 0 aliphatic rings. The van der Waals surface area contributed by atoms with E-state index < -0.39 is 5.82 Å². The van der Waals surface area contributed by atoms with Crippen LogP contribution >= 0.6 is 15.9 Å². The monoisotopic (exact) mass is 316 g/mol. The number of amides is 1. The summed E-state index contributed by atoms with van der Waals surface area (Å²) in [5.41, 5.74) is 5.91. The molecular formula is C13H18BrFN2O. The van der Waals surface area contributed by atoms with Crippen LogP contribution in [0.1, 0.15) is 27.2 Å². The largest absolute Gasteiger partial charge is 0.327 e. The minimum Gasteiger partial charge on any atom is -0.327 e. The van der Waals surface area contributed by atoms with E-state index >= 15 is 0 Å². The van der Waals surface area contributed by atoms with Crippen LogP contribution in [0.3, 0.4) is 0 Å². The minimum absolute atomic E-state index is 0.160. The van der Waals surface area contributed by atoms with Gasteiger partial charge < -0.3 is 11.1 Å². The van der Waals surface area contributed by atoms with Gasteiger partial charge in [0, 0.05) is 16.9 Å². The van der Waals surface area contributed by atoms with Gasteiger partial charge in [0.15, 0.2) is 0 Å². The molecule has 0 aliphatic carbocycles. The predicted octanol–water partition coefficient (Wildman–Crippen LogP) is 3.29. The van der Waals surface area contributed by atoms with Crippen molar-refractivity contribution < 1.29 is 9.18 Å². The fraction of sp³-hybridized carbons (Fsp3) is 0.462. The van der Waals surface area contributed by atoms with Crippen molar-refractivity contribution >= 4 is 27.5 Å². The lowest BCUT2D eigenvalue weighted by atomic mass is 9.85. The Balaban J connectivity index is 2.68. The number of hydrogen-bond donors (Lipinski definition) is 2. The Morgan fingerprint density at radius 3 is 2.67 bits per heavy atom. The summed E-state index contributed by atoms with van der Waals surface area (Å²) >= 11 is 3.23. The van der Waals surface area contributed by atoms with Crippen LogP contribution in [0, 0.1) is 11.2 Å². The van der Waals surface area contributed by atoms with Crippen molar-refractivity contribution in [3.8, 4) is 0 Å². The van der Waals surface area contributed by atoms with Crippen molar-refractivity contribution in [2.45, 2.75) is 33.2 Å². The van der Waals surface area contributed by atoms with Crippen LogP contribution in [0.5, 0.6) is 0 Å². The van der Waals surface area contributed by atoms with Crippen LogP contribution in [0.25, 0.3) is 0 Å². The first-order valence-electron chi connectivity index (χ1n) is 5.70. The van der Waals surface area contributed by atoms with Crippen LogP contribution in [0.4, 0.5) is 10.1 Å². The molecule has 0 radical (unpaired) electrons. The highest BCUT2D eigenvalue weighted by atomic mass is 79.9. The first-order chi connectivity index (χ1) is 8.20. The molecule has 1 aromatic carbocycles. The van der Waals surface area contributed by atoms with Gasteiger partial charge in [-0.3, -0.25) is 4.79 Å². The van der Waals surface area contributed by atoms with Gasteiger partial charge in [-0.2, -0.15) is 0 Å². The fourth-order valence-electron chi connectivity index (χ4n) is 1.30. The molecule has 0 saturated carbocycles. The molecule has 1 aromatic rings. The normalized spacial score (nSPS) is 13.2. The van der Waals surface area contributed by atoms with Gasteiger partial charge in [-0.25, -0.2) is 4.39 Å². The second-order valence-electron chi connectivity index (χ2n) is 5.35. The third kappa shape index (κ3) is 4.38. The summed E-state index contributed by atoms with van der Waals surface area (Å²) in [7, 11) is 0. The Morgan fingerprint density at radius 2 is 2.11 bits per heavy atom. The van der Waals surface area contributed by atoms with Crippen molar-refractivity contribution in [1.29, 1.82) is 0 Å². The summed E-state index contributed by atoms with van der Waals surface area (Å²) in [5.74, 6) is -0.745. The van der Waals surface area contributed by atoms with E-state index in [2.05, 4.69) is 21.2 Å². The molecule has 5 heteroatoms. The second-order valence-corrected chi connectivity index (χ2v) is 6.26. The van der Waals surface area contributed by atoms with Gasteiger partial charge in [-0.05, 0) is 23.6 Å². The number of carbonyl (C=O) groups is 1. The van der Waals surface area contributed by atoms with E-state index in [1.165, 1.54) is 12.1 Å². The highest BCUT2D eigenvalue weighted by Crippen LogP contribution is 2.22. The van der Waals surface area contributed by atoms with Gasteiger partial charge in [0.1, 0.15) is 5.82 Å². The molecule has 1 atom stereocenters. The summed E-state index contributed by atoms with van der Waals surface area (Å²) < 4.78 is 14.1. The molecule has 100 valence electrons. The average molecular weight is 317 g/mol. The van der Waals surface area contributed by atoms with E-state index in [1.54, 1.807) is 6.07 Å². The molecule has 1 rings (SSSR count). The van der Waals surface area contributed by atoms with E-state index in [1.807, 2.05) is 20.8 Å². The molecule has 1 amide bonds. The van der Waals surface area contributed by atoms with E-state index in [0.29, 0.717) is 4.47 Å². The summed E-state index contributed by atoms with van der Waals surface area (Å²) in [6, 6.07) is 4.12. The van der Waals surface area contributed by atoms with Crippen LogP contribution in [0.15, 0.2) is 22.7 Å². The van der Waals surface area contributed by atoms with Crippen LogP contribution in [-0.4, -0.2) is 11.9 Å². The summed E-state index contributed by atoms with van der Waals surface area (Å²) in [6.07, 6.45) is 0.162. The van der Waals surface area contributed by atoms with Gasteiger partial charge in [0.2, 0.25) is 5.91 Å². The number of halogens is 2. The molecule has 0 spiro atoms. The van der Waals surface area contributed by atoms with Gasteiger partial charge in [0.25, 0.3) is 0 Å². The Morgan fingerprint density at radius 1 is 1.50 bits per heavy atom. The Kier molecular flexibility index (Phi) is 4.87. The molecule has 3 nitrogen and oxygen atoms in total. The minimum atomic E-state index is -0.462. The standard InChI is InChI=1S/C13H18BrFN2O/c1-13(2,3)11(16)7-12(18)17-10-6-8(14)4-5-9(10)15/h4-6,11H,7,16H2,1-3H3,(H,17,18). The zero-order valence-electron chi connectivity index (χ0n) is 10.8. The molecule has 18 heavy (non-hydrogen) atoms. The van der Waals surface area contributed by atoms with Crippen LogP contribution < -0.4 is 11.1 Å². The predicted molar refractivity (Wildman–Crippen MR) is 74.8 cm³/mol. The first kappa shape index (κ1) is 15.1. The molecule has 0 heterocycles. The zero-order chi connectivity index (χ0) is 13.9. The lowest BCUT2D eigenvalue weighted by Crippen LogP contribution is -2.38. The number of nitrogens with two attached hydrogens (primary N) is 1. The summed E-state index contributed by atoms with van der Waals surface area (Å²) in [5, 5.41) is 2.53. The maximum Gasteiger partial charge on any atom is 0.226 e. The van der Waals surface area contributed by atoms with Crippen molar-refractivity contribution in [2.75, 3.05) is 5.32 Å². The number of carbonyl (C=O) groups excluding carboxylic acids is 1. The van der Waals surface area contributed by atoms with Gasteiger partial charge in [-0.15, -0.1) is 0 Å². The number of rotatable bonds is 3. The zero-order valence-corrected chi connectivity index (χ0v) is 12.3. The molecule has 0 fully saturated rings. The van der Waals surface area contributed by atoms with Crippen molar-refractivity contribution in [3.05, 3.63) is 28.5 Å². The maximum atomic E-state index is 13.4. The highest BCUT2D eigenvalue weighted by Gasteiger charge is 2.23. The summed E-state index contributed by atoms with van der Waals surface area (Å²) in [6.45, 7) is 5.89. The number of anilines is 1. The lowest BCUT2D eigenvalue weighted by Gasteiger charge is -2.26. The number of benzene rings is 1. The third-order valence-corrected chi connectivity index (χ3v) is 3.21. The van der Waals surface area contributed by atoms with Crippen molar-refractivity contribution in [1.82, 2.24) is 0 Å². The number of hydrogen-bond acceptors (Lipinski definition) is 2. The molecule has 1 unspecified atom stereocenters. The average Bonchev–Trinajstić information content (AvgIpc) is 2.22. The van der Waals surface area contributed by atoms with Gasteiger partial charge in [0.05, 0.1) is 5.69 Å². The van der Waals surface area contributed by atoms with Crippen LogP contribution in [0.2, 0.25) is 0 Å². The van der Waals surface area contributed by atoms with Crippen molar-refractivity contribution in [3.63, 3.8) is 0 Å². The molecule has 0 aliphatic heterocycles. The summed E-state index contributed by atoms with van der Waals surface area (Å²) in [4.78, 5) is 11.8. The Bertz CT molecular complexity index is 443. The van der Waals surface area contributed by atoms with E-state index in [-0.39, 0.29) is 29.5 Å². The molecular weight excluding hydrogens is 299 g/mol. The first-order valence-corrected chi connectivity index (χ1v) is 6.50. The smallest absolute Gasteiger partial charge is 0.226 e. The Labute approximate surface area is 115 Å². The van der Waals surface area contributed by atoms with Gasteiger partial charge in [-0.1, -0.05) is 36.7 Å². The second kappa shape index (κ2) is 5.80. The highest BCUT2D eigenvalue weighted by molar-refractivity contribution is 9.10. The van der Waals surface area contributed by atoms with Crippen molar-refractivity contribution in [2.24, 2.45) is 11.1 Å². The SMILES string of the molecule is CC(C)(C)C(N)CC(=O)Nc1cc(Br)ccc1F. The van der Waals surface area contributed by atoms with E-state index in [9.17, 15) is 9.18 Å². The number of nitrogens with one attached hydrogen (secondary N) is 1. The van der Waals surface area contributed by atoms with Gasteiger partial charge >= 0.3 is 0 Å². The third-order valence-electron chi connectivity index (χ3n) is 2.72. The van der Waals surface area contributed by atoms with E-state index in [0.717, 1.165) is 0 Å². The lowest BCUT2D eigenvalue weighted by molar-refractivity contribution is -0.117. The van der Waals surface area contributed by atoms with E-state index in [4.69, 9.17) is 5.73 Å². The van der Waals surface area contributed by atoms with Crippen LogP contribution in [-0.2, 0) is 4.79 Å². The fourth-order valence-corrected chi connectivity index (χ4v) is 1.66. The molecule has 0 aromatic heterocycles. The molecule has 0 bridgehead atoms. The molecule has 3 N–H and O–H groups in total. The topological polar surface area (TPSA) is 55.1 Å². The maximum absolute atomic E-state index is 13.4.